The Balaban J connectivity index is 3.55. The molecule has 1 amide bonds. The number of aliphatic carboxylic acids is 1. The van der Waals surface area contributed by atoms with Crippen LogP contribution in [0.1, 0.15) is 19.8 Å². The van der Waals surface area contributed by atoms with Gasteiger partial charge in [-0.25, -0.2) is 0 Å². The molecule has 0 bridgehead atoms. The molecule has 0 aromatic heterocycles. The van der Waals surface area contributed by atoms with Gasteiger partial charge in [-0.1, -0.05) is 6.92 Å². The first-order valence-corrected chi connectivity index (χ1v) is 4.53. The lowest BCUT2D eigenvalue weighted by atomic mass is 10.0. The molecule has 0 aliphatic carbocycles. The third-order valence-corrected chi connectivity index (χ3v) is 1.69. The van der Waals surface area contributed by atoms with Gasteiger partial charge in [0.25, 0.3) is 0 Å². The normalized spacial score (nSPS) is 12.1. The lowest BCUT2D eigenvalue weighted by Crippen LogP contribution is -2.28. The number of amides is 1. The Morgan fingerprint density at radius 3 is 2.57 bits per heavy atom. The van der Waals surface area contributed by atoms with E-state index in [0.29, 0.717) is 13.2 Å². The van der Waals surface area contributed by atoms with Crippen LogP contribution in [0.25, 0.3) is 0 Å². The second-order valence-electron chi connectivity index (χ2n) is 3.25. The summed E-state index contributed by atoms with van der Waals surface area (Å²) in [5.74, 6) is -1.13. The smallest absolute Gasteiger partial charge is 0.303 e. The molecule has 1 atom stereocenters. The number of carboxylic acid groups (broad SMARTS) is 1. The highest BCUT2D eigenvalue weighted by atomic mass is 16.5. The molecular weight excluding hydrogens is 186 g/mol. The summed E-state index contributed by atoms with van der Waals surface area (Å²) < 4.78 is 4.75. The minimum absolute atomic E-state index is 0.0255. The maximum atomic E-state index is 11.2. The highest BCUT2D eigenvalue weighted by Gasteiger charge is 2.11. The summed E-state index contributed by atoms with van der Waals surface area (Å²) in [4.78, 5) is 21.5. The molecule has 0 rings (SSSR count). The second-order valence-corrected chi connectivity index (χ2v) is 3.25. The van der Waals surface area contributed by atoms with Crippen LogP contribution in [0.4, 0.5) is 0 Å². The van der Waals surface area contributed by atoms with Gasteiger partial charge in [-0.05, 0) is 5.92 Å². The van der Waals surface area contributed by atoms with Gasteiger partial charge >= 0.3 is 5.97 Å². The largest absolute Gasteiger partial charge is 0.481 e. The van der Waals surface area contributed by atoms with Gasteiger partial charge in [-0.15, -0.1) is 0 Å². The average molecular weight is 203 g/mol. The van der Waals surface area contributed by atoms with Crippen LogP contribution in [-0.4, -0.2) is 37.2 Å². The van der Waals surface area contributed by atoms with Crippen LogP contribution in [0.15, 0.2) is 0 Å². The van der Waals surface area contributed by atoms with Crippen molar-refractivity contribution >= 4 is 11.9 Å². The summed E-state index contributed by atoms with van der Waals surface area (Å²) in [6.45, 7) is 2.68. The SMILES string of the molecule is COCCNC(=O)CC(C)CC(=O)O. The van der Waals surface area contributed by atoms with Crippen molar-refractivity contribution < 1.29 is 19.4 Å². The molecule has 0 aliphatic heterocycles. The first kappa shape index (κ1) is 12.9. The zero-order valence-electron chi connectivity index (χ0n) is 8.58. The lowest BCUT2D eigenvalue weighted by Gasteiger charge is -2.08. The van der Waals surface area contributed by atoms with Gasteiger partial charge in [-0.2, -0.15) is 0 Å². The molecule has 0 saturated heterocycles. The predicted octanol–water partition coefficient (Wildman–Crippen LogP) is 0.250. The van der Waals surface area contributed by atoms with Crippen molar-refractivity contribution in [3.05, 3.63) is 0 Å². The number of carboxylic acids is 1. The molecule has 0 heterocycles. The summed E-state index contributed by atoms with van der Waals surface area (Å²) in [5, 5.41) is 11.1. The minimum Gasteiger partial charge on any atom is -0.481 e. The number of carbonyl (C=O) groups excluding carboxylic acids is 1. The molecule has 82 valence electrons. The van der Waals surface area contributed by atoms with E-state index in [2.05, 4.69) is 5.32 Å². The van der Waals surface area contributed by atoms with Crippen LogP contribution in [0.3, 0.4) is 0 Å². The van der Waals surface area contributed by atoms with Crippen LogP contribution in [-0.2, 0) is 14.3 Å². The van der Waals surface area contributed by atoms with Crippen molar-refractivity contribution in [2.45, 2.75) is 19.8 Å². The van der Waals surface area contributed by atoms with Gasteiger partial charge in [-0.3, -0.25) is 9.59 Å². The summed E-state index contributed by atoms with van der Waals surface area (Å²) >= 11 is 0. The molecule has 0 aromatic rings. The van der Waals surface area contributed by atoms with Crippen LogP contribution >= 0.6 is 0 Å². The van der Waals surface area contributed by atoms with Crippen LogP contribution in [0.5, 0.6) is 0 Å². The number of ether oxygens (including phenoxy) is 1. The fourth-order valence-corrected chi connectivity index (χ4v) is 1.05. The van der Waals surface area contributed by atoms with Crippen molar-refractivity contribution in [3.63, 3.8) is 0 Å². The molecular formula is C9H17NO4. The Kier molecular flexibility index (Phi) is 6.74. The van der Waals surface area contributed by atoms with Crippen molar-refractivity contribution in [3.8, 4) is 0 Å². The molecule has 0 fully saturated rings. The zero-order valence-corrected chi connectivity index (χ0v) is 8.58. The van der Waals surface area contributed by atoms with Gasteiger partial charge in [0.1, 0.15) is 0 Å². The number of hydrogen-bond donors (Lipinski definition) is 2. The lowest BCUT2D eigenvalue weighted by molar-refractivity contribution is -0.138. The first-order valence-electron chi connectivity index (χ1n) is 4.53. The van der Waals surface area contributed by atoms with E-state index in [9.17, 15) is 9.59 Å². The van der Waals surface area contributed by atoms with E-state index in [-0.39, 0.29) is 24.7 Å². The van der Waals surface area contributed by atoms with Crippen molar-refractivity contribution in [1.82, 2.24) is 5.32 Å². The van der Waals surface area contributed by atoms with Crippen molar-refractivity contribution in [1.29, 1.82) is 0 Å². The number of nitrogens with one attached hydrogen (secondary N) is 1. The molecule has 14 heavy (non-hydrogen) atoms. The van der Waals surface area contributed by atoms with Crippen LogP contribution < -0.4 is 5.32 Å². The molecule has 2 N–H and O–H groups in total. The maximum Gasteiger partial charge on any atom is 0.303 e. The highest BCUT2D eigenvalue weighted by Crippen LogP contribution is 2.06. The van der Waals surface area contributed by atoms with E-state index in [1.807, 2.05) is 0 Å². The first-order chi connectivity index (χ1) is 6.56. The third kappa shape index (κ3) is 7.54. The quantitative estimate of drug-likeness (QED) is 0.581. The fourth-order valence-electron chi connectivity index (χ4n) is 1.05. The summed E-state index contributed by atoms with van der Waals surface area (Å²) in [5.41, 5.74) is 0. The van der Waals surface area contributed by atoms with Crippen LogP contribution in [0, 0.1) is 5.92 Å². The van der Waals surface area contributed by atoms with Gasteiger partial charge in [0.2, 0.25) is 5.91 Å². The van der Waals surface area contributed by atoms with E-state index in [0.717, 1.165) is 0 Å². The van der Waals surface area contributed by atoms with Crippen molar-refractivity contribution in [2.24, 2.45) is 5.92 Å². The Bertz CT molecular complexity index is 193. The van der Waals surface area contributed by atoms with Crippen molar-refractivity contribution in [2.75, 3.05) is 20.3 Å². The van der Waals surface area contributed by atoms with E-state index >= 15 is 0 Å². The van der Waals surface area contributed by atoms with E-state index in [1.54, 1.807) is 14.0 Å². The van der Waals surface area contributed by atoms with E-state index in [1.165, 1.54) is 0 Å². The Hall–Kier alpha value is -1.10. The van der Waals surface area contributed by atoms with Crippen LogP contribution in [0.2, 0.25) is 0 Å². The molecule has 0 aromatic carbocycles. The number of carbonyl (C=O) groups is 2. The molecule has 0 aliphatic rings. The Morgan fingerprint density at radius 2 is 2.07 bits per heavy atom. The van der Waals surface area contributed by atoms with Gasteiger partial charge in [0, 0.05) is 26.5 Å². The molecule has 0 spiro atoms. The fraction of sp³-hybridized carbons (Fsp3) is 0.778. The molecule has 5 nitrogen and oxygen atoms in total. The summed E-state index contributed by atoms with van der Waals surface area (Å²) in [7, 11) is 1.55. The average Bonchev–Trinajstić information content (AvgIpc) is 2.02. The minimum atomic E-state index is -0.873. The Labute approximate surface area is 83.4 Å². The summed E-state index contributed by atoms with van der Waals surface area (Å²) in [6, 6.07) is 0. The maximum absolute atomic E-state index is 11.2. The second kappa shape index (κ2) is 7.32. The summed E-state index contributed by atoms with van der Waals surface area (Å²) in [6.07, 6.45) is 0.272. The van der Waals surface area contributed by atoms with Gasteiger partial charge in [0.05, 0.1) is 6.61 Å². The number of hydrogen-bond acceptors (Lipinski definition) is 3. The standard InChI is InChI=1S/C9H17NO4/c1-7(6-9(12)13)5-8(11)10-3-4-14-2/h7H,3-6H2,1-2H3,(H,10,11)(H,12,13). The zero-order chi connectivity index (χ0) is 11.0. The molecule has 5 heteroatoms. The topological polar surface area (TPSA) is 75.6 Å². The number of rotatable bonds is 7. The molecule has 0 radical (unpaired) electrons. The monoisotopic (exact) mass is 203 g/mol. The molecule has 1 unspecified atom stereocenters. The third-order valence-electron chi connectivity index (χ3n) is 1.69. The Morgan fingerprint density at radius 1 is 1.43 bits per heavy atom. The number of methoxy groups -OCH3 is 1. The molecule has 0 saturated carbocycles. The van der Waals surface area contributed by atoms with E-state index < -0.39 is 5.97 Å². The van der Waals surface area contributed by atoms with Gasteiger partial charge < -0.3 is 15.2 Å². The predicted molar refractivity (Wildman–Crippen MR) is 50.9 cm³/mol. The highest BCUT2D eigenvalue weighted by molar-refractivity contribution is 5.77. The van der Waals surface area contributed by atoms with Gasteiger partial charge in [0.15, 0.2) is 0 Å². The van der Waals surface area contributed by atoms with E-state index in [4.69, 9.17) is 9.84 Å².